The van der Waals surface area contributed by atoms with Crippen LogP contribution in [0.3, 0.4) is 0 Å². The van der Waals surface area contributed by atoms with Crippen LogP contribution < -0.4 is 0 Å². The molecule has 1 atom stereocenters. The van der Waals surface area contributed by atoms with Crippen molar-refractivity contribution in [1.82, 2.24) is 0 Å². The van der Waals surface area contributed by atoms with Crippen molar-refractivity contribution < 1.29 is 14.6 Å². The van der Waals surface area contributed by atoms with E-state index in [0.29, 0.717) is 24.0 Å². The van der Waals surface area contributed by atoms with Crippen LogP contribution in [0.5, 0.6) is 0 Å². The van der Waals surface area contributed by atoms with Gasteiger partial charge in [-0.15, -0.1) is 0 Å². The number of esters is 1. The average molecular weight is 601 g/mol. The zero-order chi connectivity index (χ0) is 31.5. The van der Waals surface area contributed by atoms with E-state index < -0.39 is 0 Å². The van der Waals surface area contributed by atoms with Crippen LogP contribution in [0.25, 0.3) is 11.1 Å². The van der Waals surface area contributed by atoms with E-state index in [4.69, 9.17) is 4.74 Å². The molecule has 1 unspecified atom stereocenters. The molecule has 0 aromatic heterocycles. The fraction of sp³-hybridized carbons (Fsp3) is 0.634. The predicted octanol–water partition coefficient (Wildman–Crippen LogP) is 10.4. The molecule has 0 saturated heterocycles. The van der Waals surface area contributed by atoms with Gasteiger partial charge >= 0.3 is 5.97 Å². The van der Waals surface area contributed by atoms with Gasteiger partial charge in [-0.2, -0.15) is 0 Å². The minimum Gasteiger partial charge on any atom is -0.462 e. The Morgan fingerprint density at radius 1 is 0.864 bits per heavy atom. The molecular formula is C41H60O3. The number of carbonyl (C=O) groups excluding carboxylic acids is 1. The van der Waals surface area contributed by atoms with E-state index in [1.54, 1.807) is 18.1 Å². The lowest BCUT2D eigenvalue weighted by Crippen LogP contribution is -2.27. The third kappa shape index (κ3) is 9.32. The van der Waals surface area contributed by atoms with E-state index in [0.717, 1.165) is 31.1 Å². The lowest BCUT2D eigenvalue weighted by molar-refractivity contribution is -0.140. The summed E-state index contributed by atoms with van der Waals surface area (Å²) in [7, 11) is 0. The van der Waals surface area contributed by atoms with Gasteiger partial charge in [0.25, 0.3) is 0 Å². The molecule has 0 bridgehead atoms. The molecule has 44 heavy (non-hydrogen) atoms. The summed E-state index contributed by atoms with van der Waals surface area (Å²) in [5.41, 5.74) is 9.36. The maximum absolute atomic E-state index is 11.8. The van der Waals surface area contributed by atoms with Crippen LogP contribution in [0.2, 0.25) is 0 Å². The van der Waals surface area contributed by atoms with Crippen molar-refractivity contribution in [2.24, 2.45) is 23.7 Å². The highest BCUT2D eigenvalue weighted by Gasteiger charge is 2.32. The molecule has 0 heterocycles. The molecule has 2 saturated carbocycles. The van der Waals surface area contributed by atoms with Crippen molar-refractivity contribution in [1.29, 1.82) is 0 Å². The number of carbonyl (C=O) groups is 1. The first-order valence-electron chi connectivity index (χ1n) is 18.0. The van der Waals surface area contributed by atoms with Gasteiger partial charge in [0, 0.05) is 18.1 Å². The summed E-state index contributed by atoms with van der Waals surface area (Å²) >= 11 is 0. The van der Waals surface area contributed by atoms with Crippen LogP contribution in [0, 0.1) is 23.7 Å². The van der Waals surface area contributed by atoms with E-state index >= 15 is 0 Å². The Morgan fingerprint density at radius 3 is 2.16 bits per heavy atom. The monoisotopic (exact) mass is 600 g/mol. The molecule has 1 N–H and O–H groups in total. The van der Waals surface area contributed by atoms with Crippen LogP contribution in [0.4, 0.5) is 0 Å². The first kappa shape index (κ1) is 34.5. The van der Waals surface area contributed by atoms with Crippen molar-refractivity contribution in [2.45, 2.75) is 130 Å². The molecule has 2 aromatic rings. The van der Waals surface area contributed by atoms with Crippen molar-refractivity contribution in [2.75, 3.05) is 13.2 Å². The maximum Gasteiger partial charge on any atom is 0.333 e. The summed E-state index contributed by atoms with van der Waals surface area (Å²) in [4.78, 5) is 11.8. The summed E-state index contributed by atoms with van der Waals surface area (Å²) in [6.45, 7) is 12.6. The second-order valence-corrected chi connectivity index (χ2v) is 14.1. The Bertz CT molecular complexity index is 1200. The fourth-order valence-electron chi connectivity index (χ4n) is 8.18. The van der Waals surface area contributed by atoms with E-state index in [2.05, 4.69) is 63.7 Å². The summed E-state index contributed by atoms with van der Waals surface area (Å²) < 4.78 is 5.33. The van der Waals surface area contributed by atoms with E-state index in [-0.39, 0.29) is 18.5 Å². The Balaban J connectivity index is 1.28. The zero-order valence-corrected chi connectivity index (χ0v) is 28.3. The highest BCUT2D eigenvalue weighted by Crippen LogP contribution is 2.45. The second kappa shape index (κ2) is 17.3. The molecule has 2 fully saturated rings. The predicted molar refractivity (Wildman–Crippen MR) is 185 cm³/mol. The Labute approximate surface area is 268 Å². The molecule has 4 rings (SSSR count). The highest BCUT2D eigenvalue weighted by molar-refractivity contribution is 5.86. The van der Waals surface area contributed by atoms with E-state index in [1.165, 1.54) is 99.3 Å². The largest absolute Gasteiger partial charge is 0.462 e. The Morgan fingerprint density at radius 2 is 1.55 bits per heavy atom. The second-order valence-electron chi connectivity index (χ2n) is 14.1. The standard InChI is InChI=1S/C41H60O3/c1-6-9-10-11-34-20-21-39(25-32(34)7-2)40-23-22-38(26-33(40)8-3)37-18-16-36(17-19-37)35-14-12-30(13-15-35)24-31(27-42)28-44-41(43)29(4)5/h20-23,25-26,30-31,35-37,42H,4,6-19,24,27-28H2,1-3,5H3. The van der Waals surface area contributed by atoms with Crippen LogP contribution in [0.15, 0.2) is 48.6 Å². The Hall–Kier alpha value is -2.39. The van der Waals surface area contributed by atoms with Gasteiger partial charge in [-0.05, 0) is 135 Å². The number of hydrogen-bond acceptors (Lipinski definition) is 3. The highest BCUT2D eigenvalue weighted by atomic mass is 16.5. The van der Waals surface area contributed by atoms with Gasteiger partial charge in [-0.3, -0.25) is 0 Å². The third-order valence-corrected chi connectivity index (χ3v) is 11.0. The Kier molecular flexibility index (Phi) is 13.6. The van der Waals surface area contributed by atoms with E-state index in [9.17, 15) is 9.90 Å². The zero-order valence-electron chi connectivity index (χ0n) is 28.3. The molecule has 2 aliphatic carbocycles. The number of aliphatic hydroxyl groups is 1. The number of benzene rings is 2. The van der Waals surface area contributed by atoms with Gasteiger partial charge in [-0.25, -0.2) is 4.79 Å². The number of ether oxygens (including phenoxy) is 1. The summed E-state index contributed by atoms with van der Waals surface area (Å²) in [6.07, 6.45) is 18.7. The molecule has 0 spiro atoms. The molecule has 3 heteroatoms. The number of hydrogen-bond donors (Lipinski definition) is 1. The number of aliphatic hydroxyl groups excluding tert-OH is 1. The van der Waals surface area contributed by atoms with Crippen LogP contribution in [0.1, 0.15) is 133 Å². The van der Waals surface area contributed by atoms with Gasteiger partial charge in [0.05, 0.1) is 6.61 Å². The van der Waals surface area contributed by atoms with Gasteiger partial charge in [0.2, 0.25) is 0 Å². The van der Waals surface area contributed by atoms with Gasteiger partial charge < -0.3 is 9.84 Å². The fourth-order valence-corrected chi connectivity index (χ4v) is 8.18. The minimum atomic E-state index is -0.349. The normalized spacial score (nSPS) is 22.8. The minimum absolute atomic E-state index is 0.0401. The number of rotatable bonds is 15. The molecule has 0 aliphatic heterocycles. The van der Waals surface area contributed by atoms with Gasteiger partial charge in [-0.1, -0.05) is 89.4 Å². The number of aryl methyl sites for hydroxylation is 3. The summed E-state index contributed by atoms with van der Waals surface area (Å²) in [5, 5.41) is 9.84. The van der Waals surface area contributed by atoms with Crippen LogP contribution >= 0.6 is 0 Å². The molecule has 3 nitrogen and oxygen atoms in total. The quantitative estimate of drug-likeness (QED) is 0.126. The van der Waals surface area contributed by atoms with Crippen LogP contribution in [-0.4, -0.2) is 24.3 Å². The average Bonchev–Trinajstić information content (AvgIpc) is 3.06. The lowest BCUT2D eigenvalue weighted by Gasteiger charge is -2.38. The van der Waals surface area contributed by atoms with Crippen LogP contribution in [-0.2, 0) is 28.8 Å². The molecule has 2 aromatic carbocycles. The van der Waals surface area contributed by atoms with E-state index in [1.807, 2.05) is 0 Å². The van der Waals surface area contributed by atoms with Crippen molar-refractivity contribution >= 4 is 5.97 Å². The lowest BCUT2D eigenvalue weighted by atomic mass is 9.67. The summed E-state index contributed by atoms with van der Waals surface area (Å²) in [5.74, 6) is 2.75. The first-order valence-corrected chi connectivity index (χ1v) is 18.0. The van der Waals surface area contributed by atoms with Crippen molar-refractivity contribution in [3.8, 4) is 11.1 Å². The molecular weight excluding hydrogens is 540 g/mol. The van der Waals surface area contributed by atoms with Crippen molar-refractivity contribution in [3.05, 3.63) is 70.8 Å². The van der Waals surface area contributed by atoms with Crippen molar-refractivity contribution in [3.63, 3.8) is 0 Å². The van der Waals surface area contributed by atoms with Gasteiger partial charge in [0.15, 0.2) is 0 Å². The number of unbranched alkanes of at least 4 members (excludes halogenated alkanes) is 2. The smallest absolute Gasteiger partial charge is 0.333 e. The molecule has 242 valence electrons. The van der Waals surface area contributed by atoms with Gasteiger partial charge in [0.1, 0.15) is 0 Å². The summed E-state index contributed by atoms with van der Waals surface area (Å²) in [6, 6.07) is 14.6. The third-order valence-electron chi connectivity index (χ3n) is 11.0. The SMILES string of the molecule is C=C(C)C(=O)OCC(CO)CC1CCC(C2CCC(c3ccc(-c4ccc(CCCCC)c(CC)c4)c(CC)c3)CC2)CC1. The molecule has 0 radical (unpaired) electrons. The molecule has 2 aliphatic rings. The topological polar surface area (TPSA) is 46.5 Å². The molecule has 0 amide bonds. The first-order chi connectivity index (χ1) is 21.4. The maximum atomic E-state index is 11.8.